The third-order valence-electron chi connectivity index (χ3n) is 7.14. The maximum Gasteiger partial charge on any atom is 0.223 e. The zero-order chi connectivity index (χ0) is 25.6. The zero-order valence-electron chi connectivity index (χ0n) is 20.9. The molecule has 9 heteroatoms. The first-order valence-corrected chi connectivity index (χ1v) is 12.6. The molecule has 0 radical (unpaired) electrons. The number of rotatable bonds is 8. The fourth-order valence-electron chi connectivity index (χ4n) is 5.22. The van der Waals surface area contributed by atoms with Crippen molar-refractivity contribution in [2.75, 3.05) is 19.6 Å². The van der Waals surface area contributed by atoms with Crippen molar-refractivity contribution in [1.82, 2.24) is 30.4 Å². The highest BCUT2D eigenvalue weighted by atomic mass is 16.5. The van der Waals surface area contributed by atoms with Gasteiger partial charge in [-0.3, -0.25) is 19.8 Å². The van der Waals surface area contributed by atoms with Crippen molar-refractivity contribution < 1.29 is 14.6 Å². The minimum absolute atomic E-state index is 0.0718. The third kappa shape index (κ3) is 5.19. The Balaban J connectivity index is 1.04. The number of H-pyrrole nitrogens is 1. The predicted octanol–water partition coefficient (Wildman–Crippen LogP) is 3.38. The van der Waals surface area contributed by atoms with Gasteiger partial charge < -0.3 is 15.2 Å². The first-order valence-electron chi connectivity index (χ1n) is 12.6. The summed E-state index contributed by atoms with van der Waals surface area (Å²) in [6.07, 6.45) is 3.46. The lowest BCUT2D eigenvalue weighted by Crippen LogP contribution is -2.40. The summed E-state index contributed by atoms with van der Waals surface area (Å²) in [5.41, 5.74) is 2.90. The molecule has 0 spiro atoms. The number of carbonyl (C=O) groups is 1. The van der Waals surface area contributed by atoms with E-state index in [1.54, 1.807) is 26.2 Å². The van der Waals surface area contributed by atoms with Gasteiger partial charge in [0.05, 0.1) is 22.5 Å². The molecule has 3 N–H and O–H groups in total. The van der Waals surface area contributed by atoms with Crippen LogP contribution in [0.1, 0.15) is 19.5 Å². The fraction of sp³-hybridized carbons (Fsp3) is 0.357. The summed E-state index contributed by atoms with van der Waals surface area (Å²) in [6, 6.07) is 15.7. The van der Waals surface area contributed by atoms with Gasteiger partial charge in [0.1, 0.15) is 5.75 Å². The highest BCUT2D eigenvalue weighted by Gasteiger charge is 2.59. The number of aromatic nitrogens is 4. The SMILES string of the molecule is CC(C)(O)CNC(=O)C1C2CN(Cc3ccc4cc(Oc5ccc(-c6ccn[nH]6)cn5)ccc4n3)CC21. The highest BCUT2D eigenvalue weighted by molar-refractivity contribution is 5.82. The maximum absolute atomic E-state index is 12.4. The minimum Gasteiger partial charge on any atom is -0.439 e. The molecule has 3 aromatic heterocycles. The number of hydrogen-bond donors (Lipinski definition) is 3. The van der Waals surface area contributed by atoms with Crippen LogP contribution in [0.25, 0.3) is 22.2 Å². The van der Waals surface area contributed by atoms with E-state index in [2.05, 4.69) is 37.5 Å². The normalized spacial score (nSPS) is 21.1. The van der Waals surface area contributed by atoms with Gasteiger partial charge in [-0.05, 0) is 62.1 Å². The van der Waals surface area contributed by atoms with E-state index in [9.17, 15) is 9.90 Å². The average molecular weight is 499 g/mol. The second kappa shape index (κ2) is 9.24. The molecule has 0 bridgehead atoms. The van der Waals surface area contributed by atoms with E-state index in [-0.39, 0.29) is 18.4 Å². The Kier molecular flexibility index (Phi) is 5.89. The van der Waals surface area contributed by atoms with Gasteiger partial charge in [-0.25, -0.2) is 4.98 Å². The van der Waals surface area contributed by atoms with E-state index in [1.807, 2.05) is 36.4 Å². The van der Waals surface area contributed by atoms with Gasteiger partial charge in [0.25, 0.3) is 0 Å². The first-order chi connectivity index (χ1) is 17.8. The monoisotopic (exact) mass is 498 g/mol. The Hall–Kier alpha value is -3.82. The molecule has 4 aromatic rings. The smallest absolute Gasteiger partial charge is 0.223 e. The van der Waals surface area contributed by atoms with Gasteiger partial charge in [0.2, 0.25) is 11.8 Å². The van der Waals surface area contributed by atoms with Crippen LogP contribution in [0, 0.1) is 17.8 Å². The fourth-order valence-corrected chi connectivity index (χ4v) is 5.22. The topological polar surface area (TPSA) is 116 Å². The summed E-state index contributed by atoms with van der Waals surface area (Å²) in [5.74, 6) is 2.19. The van der Waals surface area contributed by atoms with Crippen molar-refractivity contribution >= 4 is 16.8 Å². The standard InChI is InChI=1S/C28H30N6O3/c1-28(2,36)16-30-27(35)26-21-14-34(15-22(21)26)13-19-5-3-17-11-20(6-7-23(17)32-19)37-25-8-4-18(12-29-25)24-9-10-31-33-24/h3-12,21-22,26,36H,13-16H2,1-2H3,(H,30,35)(H,31,33). The third-order valence-corrected chi connectivity index (χ3v) is 7.14. The van der Waals surface area contributed by atoms with E-state index < -0.39 is 5.60 Å². The number of benzene rings is 1. The number of pyridine rings is 2. The number of hydrogen-bond acceptors (Lipinski definition) is 7. The van der Waals surface area contributed by atoms with Gasteiger partial charge >= 0.3 is 0 Å². The van der Waals surface area contributed by atoms with Crippen LogP contribution in [0.5, 0.6) is 11.6 Å². The molecule has 2 fully saturated rings. The second-order valence-electron chi connectivity index (χ2n) is 10.7. The summed E-state index contributed by atoms with van der Waals surface area (Å²) in [6.45, 7) is 6.27. The number of fused-ring (bicyclic) bond motifs is 2. The number of piperidine rings is 1. The molecule has 4 heterocycles. The lowest BCUT2D eigenvalue weighted by Gasteiger charge is -2.21. The molecule has 9 nitrogen and oxygen atoms in total. The van der Waals surface area contributed by atoms with Gasteiger partial charge in [0, 0.05) is 61.5 Å². The van der Waals surface area contributed by atoms with Crippen LogP contribution in [0.4, 0.5) is 0 Å². The van der Waals surface area contributed by atoms with Gasteiger partial charge in [-0.2, -0.15) is 5.10 Å². The highest BCUT2D eigenvalue weighted by Crippen LogP contribution is 2.52. The van der Waals surface area contributed by atoms with Gasteiger partial charge in [-0.15, -0.1) is 0 Å². The van der Waals surface area contributed by atoms with Gasteiger partial charge in [0.15, 0.2) is 0 Å². The lowest BCUT2D eigenvalue weighted by atomic mass is 10.1. The van der Waals surface area contributed by atoms with Crippen LogP contribution < -0.4 is 10.1 Å². The maximum atomic E-state index is 12.4. The molecule has 2 aliphatic rings. The number of aliphatic hydroxyl groups is 1. The van der Waals surface area contributed by atoms with Crippen LogP contribution in [0.15, 0.2) is 60.9 Å². The molecule has 1 amide bonds. The Morgan fingerprint density at radius 2 is 2.00 bits per heavy atom. The quantitative estimate of drug-likeness (QED) is 0.341. The van der Waals surface area contributed by atoms with Crippen molar-refractivity contribution in [3.8, 4) is 22.9 Å². The van der Waals surface area contributed by atoms with Crippen molar-refractivity contribution in [2.45, 2.75) is 26.0 Å². The Labute approximate surface area is 214 Å². The average Bonchev–Trinajstić information content (AvgIpc) is 3.22. The van der Waals surface area contributed by atoms with E-state index in [1.165, 1.54) is 0 Å². The van der Waals surface area contributed by atoms with Crippen LogP contribution in [-0.4, -0.2) is 61.3 Å². The summed E-state index contributed by atoms with van der Waals surface area (Å²) in [5, 5.41) is 20.6. The number of amides is 1. The number of carbonyl (C=O) groups excluding carboxylic acids is 1. The molecule has 190 valence electrons. The minimum atomic E-state index is -0.885. The lowest BCUT2D eigenvalue weighted by molar-refractivity contribution is -0.124. The molecular weight excluding hydrogens is 468 g/mol. The van der Waals surface area contributed by atoms with Crippen LogP contribution in [0.2, 0.25) is 0 Å². The van der Waals surface area contributed by atoms with E-state index in [0.29, 0.717) is 23.5 Å². The van der Waals surface area contributed by atoms with E-state index in [4.69, 9.17) is 9.72 Å². The summed E-state index contributed by atoms with van der Waals surface area (Å²) in [7, 11) is 0. The van der Waals surface area contributed by atoms with Crippen molar-refractivity contribution in [3.05, 3.63) is 66.6 Å². The first kappa shape index (κ1) is 23.6. The Morgan fingerprint density at radius 1 is 1.16 bits per heavy atom. The molecule has 37 heavy (non-hydrogen) atoms. The number of likely N-dealkylation sites (tertiary alicyclic amines) is 1. The Bertz CT molecular complexity index is 1400. The molecule has 2 unspecified atom stereocenters. The second-order valence-corrected chi connectivity index (χ2v) is 10.7. The summed E-state index contributed by atoms with van der Waals surface area (Å²) < 4.78 is 5.96. The number of ether oxygens (including phenoxy) is 1. The molecule has 6 rings (SSSR count). The zero-order valence-corrected chi connectivity index (χ0v) is 20.9. The molecule has 1 saturated carbocycles. The largest absolute Gasteiger partial charge is 0.439 e. The molecule has 1 aromatic carbocycles. The molecule has 2 atom stereocenters. The van der Waals surface area contributed by atoms with Crippen molar-refractivity contribution in [3.63, 3.8) is 0 Å². The van der Waals surface area contributed by atoms with Crippen LogP contribution >= 0.6 is 0 Å². The predicted molar refractivity (Wildman–Crippen MR) is 139 cm³/mol. The summed E-state index contributed by atoms with van der Waals surface area (Å²) in [4.78, 5) is 24.0. The van der Waals surface area contributed by atoms with E-state index in [0.717, 1.165) is 47.5 Å². The molecule has 1 aliphatic carbocycles. The van der Waals surface area contributed by atoms with Crippen LogP contribution in [-0.2, 0) is 11.3 Å². The number of nitrogens with zero attached hydrogens (tertiary/aromatic N) is 4. The van der Waals surface area contributed by atoms with E-state index >= 15 is 0 Å². The molecule has 1 saturated heterocycles. The van der Waals surface area contributed by atoms with Gasteiger partial charge in [-0.1, -0.05) is 6.07 Å². The van der Waals surface area contributed by atoms with Crippen molar-refractivity contribution in [1.29, 1.82) is 0 Å². The summed E-state index contributed by atoms with van der Waals surface area (Å²) >= 11 is 0. The molecular formula is C28H30N6O3. The number of aromatic amines is 1. The number of nitrogens with one attached hydrogen (secondary N) is 2. The molecule has 1 aliphatic heterocycles. The Morgan fingerprint density at radius 3 is 2.70 bits per heavy atom. The van der Waals surface area contributed by atoms with Crippen molar-refractivity contribution in [2.24, 2.45) is 17.8 Å². The van der Waals surface area contributed by atoms with Crippen LogP contribution in [0.3, 0.4) is 0 Å².